The van der Waals surface area contributed by atoms with Crippen molar-refractivity contribution in [2.75, 3.05) is 19.6 Å². The molecule has 1 N–H and O–H groups in total. The van der Waals surface area contributed by atoms with E-state index in [0.29, 0.717) is 36.6 Å². The van der Waals surface area contributed by atoms with Gasteiger partial charge in [0, 0.05) is 44.2 Å². The average Bonchev–Trinajstić information content (AvgIpc) is 2.92. The zero-order chi connectivity index (χ0) is 17.6. The number of rotatable bonds is 3. The van der Waals surface area contributed by atoms with E-state index in [-0.39, 0.29) is 5.91 Å². The largest absolute Gasteiger partial charge is 0.342 e. The van der Waals surface area contributed by atoms with Crippen molar-refractivity contribution in [2.45, 2.75) is 58.4 Å². The van der Waals surface area contributed by atoms with Crippen molar-refractivity contribution in [3.8, 4) is 0 Å². The number of piperidine rings is 3. The number of amides is 2. The fourth-order valence-corrected chi connectivity index (χ4v) is 5.15. The summed E-state index contributed by atoms with van der Waals surface area (Å²) in [5.41, 5.74) is 3.24. The van der Waals surface area contributed by atoms with E-state index in [2.05, 4.69) is 20.0 Å². The highest BCUT2D eigenvalue weighted by Crippen LogP contribution is 2.38. The molecule has 6 nitrogen and oxygen atoms in total. The lowest BCUT2D eigenvalue weighted by atomic mass is 9.76. The van der Waals surface area contributed by atoms with Crippen LogP contribution in [0.1, 0.15) is 49.1 Å². The van der Waals surface area contributed by atoms with Gasteiger partial charge in [-0.3, -0.25) is 14.7 Å². The van der Waals surface area contributed by atoms with Gasteiger partial charge in [0.1, 0.15) is 0 Å². The second kappa shape index (κ2) is 6.46. The highest BCUT2D eigenvalue weighted by molar-refractivity contribution is 5.78. The van der Waals surface area contributed by atoms with Crippen molar-refractivity contribution in [1.29, 1.82) is 0 Å². The fraction of sp³-hybridized carbons (Fsp3) is 0.737. The van der Waals surface area contributed by atoms with Crippen molar-refractivity contribution in [2.24, 2.45) is 11.8 Å². The Labute approximate surface area is 148 Å². The van der Waals surface area contributed by atoms with Crippen molar-refractivity contribution in [1.82, 2.24) is 20.0 Å². The van der Waals surface area contributed by atoms with E-state index in [1.54, 1.807) is 0 Å². The molecule has 3 aliphatic rings. The lowest BCUT2D eigenvalue weighted by molar-refractivity contribution is -0.148. The number of fused-ring (bicyclic) bond motifs is 4. The minimum atomic E-state index is 0.255. The number of carbonyl (C=O) groups is 2. The number of H-pyrrole nitrogens is 1. The highest BCUT2D eigenvalue weighted by Gasteiger charge is 2.44. The van der Waals surface area contributed by atoms with E-state index < -0.39 is 0 Å². The second-order valence-corrected chi connectivity index (χ2v) is 8.08. The molecule has 3 aliphatic heterocycles. The summed E-state index contributed by atoms with van der Waals surface area (Å²) in [6.45, 7) is 6.50. The Balaban J connectivity index is 1.39. The van der Waals surface area contributed by atoms with Crippen LogP contribution in [0, 0.1) is 25.7 Å². The average molecular weight is 344 g/mol. The number of aromatic amines is 1. The molecule has 2 unspecified atom stereocenters. The van der Waals surface area contributed by atoms with Gasteiger partial charge in [-0.25, -0.2) is 0 Å². The number of hydrogen-bond donors (Lipinski definition) is 1. The SMILES string of the molecule is Cc1n[nH]c(C)c1CCC(=O)N1CC2CC(C1)[C@@H]1CCCC(=O)N1C2. The maximum absolute atomic E-state index is 12.8. The summed E-state index contributed by atoms with van der Waals surface area (Å²) in [5, 5.41) is 7.21. The molecule has 4 heterocycles. The third-order valence-electron chi connectivity index (χ3n) is 6.40. The standard InChI is InChI=1S/C19H28N4O2/c1-12-16(13(2)21-20-12)6-7-18(24)22-9-14-8-15(11-22)17-4-3-5-19(25)23(17)10-14/h14-15,17H,3-11H2,1-2H3,(H,20,21)/t14?,15?,17-/m0/s1. The summed E-state index contributed by atoms with van der Waals surface area (Å²) in [5.74, 6) is 1.51. The van der Waals surface area contributed by atoms with Crippen molar-refractivity contribution < 1.29 is 9.59 Å². The van der Waals surface area contributed by atoms with Gasteiger partial charge in [0.15, 0.2) is 0 Å². The van der Waals surface area contributed by atoms with Gasteiger partial charge in [0.2, 0.25) is 11.8 Å². The van der Waals surface area contributed by atoms with Gasteiger partial charge in [-0.05, 0) is 56.9 Å². The molecular weight excluding hydrogens is 316 g/mol. The molecule has 4 rings (SSSR count). The van der Waals surface area contributed by atoms with Gasteiger partial charge >= 0.3 is 0 Å². The summed E-state index contributed by atoms with van der Waals surface area (Å²) in [7, 11) is 0. The lowest BCUT2D eigenvalue weighted by Gasteiger charge is -2.52. The van der Waals surface area contributed by atoms with Crippen LogP contribution in [0.5, 0.6) is 0 Å². The number of nitrogens with one attached hydrogen (secondary N) is 1. The van der Waals surface area contributed by atoms with E-state index >= 15 is 0 Å². The van der Waals surface area contributed by atoms with Crippen molar-refractivity contribution >= 4 is 11.8 Å². The first-order valence-corrected chi connectivity index (χ1v) is 9.60. The summed E-state index contributed by atoms with van der Waals surface area (Å²) in [6.07, 6.45) is 5.31. The van der Waals surface area contributed by atoms with E-state index in [1.807, 2.05) is 13.8 Å². The predicted octanol–water partition coefficient (Wildman–Crippen LogP) is 1.82. The van der Waals surface area contributed by atoms with Crippen LogP contribution in [0.4, 0.5) is 0 Å². The van der Waals surface area contributed by atoms with Gasteiger partial charge in [0.05, 0.1) is 5.69 Å². The van der Waals surface area contributed by atoms with E-state index in [0.717, 1.165) is 50.3 Å². The smallest absolute Gasteiger partial charge is 0.222 e. The topological polar surface area (TPSA) is 69.3 Å². The first-order chi connectivity index (χ1) is 12.0. The Kier molecular flexibility index (Phi) is 4.29. The number of likely N-dealkylation sites (tertiary alicyclic amines) is 1. The van der Waals surface area contributed by atoms with Crippen molar-refractivity contribution in [3.05, 3.63) is 17.0 Å². The monoisotopic (exact) mass is 344 g/mol. The summed E-state index contributed by atoms with van der Waals surface area (Å²) < 4.78 is 0. The molecule has 0 aromatic carbocycles. The Morgan fingerprint density at radius 3 is 2.88 bits per heavy atom. The highest BCUT2D eigenvalue weighted by atomic mass is 16.2. The summed E-state index contributed by atoms with van der Waals surface area (Å²) in [6, 6.07) is 0.367. The minimum absolute atomic E-state index is 0.255. The van der Waals surface area contributed by atoms with Gasteiger partial charge in [0.25, 0.3) is 0 Å². The zero-order valence-electron chi connectivity index (χ0n) is 15.3. The third kappa shape index (κ3) is 3.07. The molecule has 25 heavy (non-hydrogen) atoms. The number of hydrogen-bond acceptors (Lipinski definition) is 3. The van der Waals surface area contributed by atoms with Gasteiger partial charge in [-0.15, -0.1) is 0 Å². The van der Waals surface area contributed by atoms with Crippen LogP contribution < -0.4 is 0 Å². The maximum atomic E-state index is 12.8. The molecule has 136 valence electrons. The molecule has 3 saturated heterocycles. The molecule has 0 radical (unpaired) electrons. The molecule has 0 aliphatic carbocycles. The number of aromatic nitrogens is 2. The van der Waals surface area contributed by atoms with E-state index in [4.69, 9.17) is 0 Å². The van der Waals surface area contributed by atoms with E-state index in [1.165, 1.54) is 12.0 Å². The summed E-state index contributed by atoms with van der Waals surface area (Å²) in [4.78, 5) is 29.2. The van der Waals surface area contributed by atoms with Crippen LogP contribution in [-0.4, -0.2) is 57.5 Å². The van der Waals surface area contributed by atoms with Gasteiger partial charge in [-0.2, -0.15) is 5.10 Å². The fourth-order valence-electron chi connectivity index (χ4n) is 5.15. The number of carbonyl (C=O) groups excluding carboxylic acids is 2. The Morgan fingerprint density at radius 2 is 2.12 bits per heavy atom. The Hall–Kier alpha value is -1.85. The maximum Gasteiger partial charge on any atom is 0.222 e. The van der Waals surface area contributed by atoms with Crippen LogP contribution in [-0.2, 0) is 16.0 Å². The molecule has 1 aromatic heterocycles. The zero-order valence-corrected chi connectivity index (χ0v) is 15.3. The van der Waals surface area contributed by atoms with E-state index in [9.17, 15) is 9.59 Å². The quantitative estimate of drug-likeness (QED) is 0.909. The predicted molar refractivity (Wildman–Crippen MR) is 93.9 cm³/mol. The molecule has 2 bridgehead atoms. The van der Waals surface area contributed by atoms with Crippen LogP contribution >= 0.6 is 0 Å². The van der Waals surface area contributed by atoms with Crippen LogP contribution in [0.3, 0.4) is 0 Å². The minimum Gasteiger partial charge on any atom is -0.342 e. The van der Waals surface area contributed by atoms with Crippen LogP contribution in [0.25, 0.3) is 0 Å². The molecule has 3 atom stereocenters. The van der Waals surface area contributed by atoms with Gasteiger partial charge < -0.3 is 9.80 Å². The first-order valence-electron chi connectivity index (χ1n) is 9.60. The molecule has 0 saturated carbocycles. The number of nitrogens with zero attached hydrogens (tertiary/aromatic N) is 3. The van der Waals surface area contributed by atoms with Crippen molar-refractivity contribution in [3.63, 3.8) is 0 Å². The Morgan fingerprint density at radius 1 is 1.28 bits per heavy atom. The first kappa shape index (κ1) is 16.6. The molecule has 1 aromatic rings. The Bertz CT molecular complexity index is 663. The molecular formula is C19H28N4O2. The van der Waals surface area contributed by atoms with Crippen LogP contribution in [0.15, 0.2) is 0 Å². The lowest BCUT2D eigenvalue weighted by Crippen LogP contribution is -2.61. The molecule has 6 heteroatoms. The third-order valence-corrected chi connectivity index (χ3v) is 6.40. The summed E-state index contributed by atoms with van der Waals surface area (Å²) >= 11 is 0. The normalized spacial score (nSPS) is 28.9. The number of aryl methyl sites for hydroxylation is 2. The molecule has 0 spiro atoms. The second-order valence-electron chi connectivity index (χ2n) is 8.08. The molecule has 3 fully saturated rings. The van der Waals surface area contributed by atoms with Gasteiger partial charge in [-0.1, -0.05) is 0 Å². The van der Waals surface area contributed by atoms with Crippen LogP contribution in [0.2, 0.25) is 0 Å². The molecule has 2 amide bonds.